The van der Waals surface area contributed by atoms with E-state index in [-0.39, 0.29) is 24.0 Å². The Hall–Kier alpha value is -0.660. The summed E-state index contributed by atoms with van der Waals surface area (Å²) in [5.74, 6) is -0.821. The van der Waals surface area contributed by atoms with Crippen molar-refractivity contribution in [2.75, 3.05) is 31.2 Å². The summed E-state index contributed by atoms with van der Waals surface area (Å²) in [6.45, 7) is 2.05. The fourth-order valence-corrected chi connectivity index (χ4v) is 4.59. The zero-order valence-corrected chi connectivity index (χ0v) is 12.5. The van der Waals surface area contributed by atoms with Crippen LogP contribution < -0.4 is 0 Å². The van der Waals surface area contributed by atoms with Crippen LogP contribution in [0.4, 0.5) is 0 Å². The van der Waals surface area contributed by atoms with Gasteiger partial charge in [0.25, 0.3) is 0 Å². The summed E-state index contributed by atoms with van der Waals surface area (Å²) >= 11 is 0. The van der Waals surface area contributed by atoms with Gasteiger partial charge in [-0.2, -0.15) is 0 Å². The first kappa shape index (κ1) is 15.7. The molecule has 0 spiro atoms. The van der Waals surface area contributed by atoms with Gasteiger partial charge in [-0.1, -0.05) is 0 Å². The van der Waals surface area contributed by atoms with E-state index in [1.165, 1.54) is 0 Å². The van der Waals surface area contributed by atoms with Crippen LogP contribution in [0.1, 0.15) is 32.1 Å². The maximum absolute atomic E-state index is 11.6. The second kappa shape index (κ2) is 6.87. The van der Waals surface area contributed by atoms with Crippen molar-refractivity contribution in [2.24, 2.45) is 0 Å². The highest BCUT2D eigenvalue weighted by atomic mass is 32.2. The molecular weight excluding hydrogens is 282 g/mol. The molecule has 2 saturated heterocycles. The van der Waals surface area contributed by atoms with Gasteiger partial charge in [-0.05, 0) is 32.2 Å². The van der Waals surface area contributed by atoms with Crippen LogP contribution in [0, 0.1) is 0 Å². The molecule has 2 heterocycles. The third-order valence-electron chi connectivity index (χ3n) is 4.06. The van der Waals surface area contributed by atoms with Gasteiger partial charge < -0.3 is 9.84 Å². The lowest BCUT2D eigenvalue weighted by molar-refractivity contribution is -0.138. The Balaban J connectivity index is 1.82. The number of rotatable bonds is 6. The maximum atomic E-state index is 11.6. The molecule has 0 aliphatic carbocycles. The maximum Gasteiger partial charge on any atom is 0.304 e. The minimum absolute atomic E-state index is 0.0285. The van der Waals surface area contributed by atoms with E-state index in [9.17, 15) is 13.2 Å². The van der Waals surface area contributed by atoms with Crippen molar-refractivity contribution in [3.05, 3.63) is 0 Å². The number of carboxylic acids is 1. The van der Waals surface area contributed by atoms with E-state index in [4.69, 9.17) is 9.84 Å². The predicted molar refractivity (Wildman–Crippen MR) is 74.5 cm³/mol. The van der Waals surface area contributed by atoms with Gasteiger partial charge in [0.1, 0.15) is 0 Å². The van der Waals surface area contributed by atoms with Gasteiger partial charge in [-0.25, -0.2) is 8.42 Å². The van der Waals surface area contributed by atoms with Crippen LogP contribution in [0.25, 0.3) is 0 Å². The first-order chi connectivity index (χ1) is 9.46. The molecule has 2 aliphatic heterocycles. The van der Waals surface area contributed by atoms with Crippen molar-refractivity contribution < 1.29 is 23.1 Å². The minimum Gasteiger partial charge on any atom is -0.481 e. The molecule has 0 saturated carbocycles. The molecule has 2 atom stereocenters. The van der Waals surface area contributed by atoms with Crippen LogP contribution in [0.5, 0.6) is 0 Å². The lowest BCUT2D eigenvalue weighted by Gasteiger charge is -2.34. The molecule has 1 N–H and O–H groups in total. The zero-order valence-electron chi connectivity index (χ0n) is 11.7. The van der Waals surface area contributed by atoms with Crippen molar-refractivity contribution in [1.82, 2.24) is 4.90 Å². The Morgan fingerprint density at radius 1 is 1.40 bits per heavy atom. The van der Waals surface area contributed by atoms with Crippen LogP contribution in [0.2, 0.25) is 0 Å². The fourth-order valence-electron chi connectivity index (χ4n) is 3.00. The molecule has 2 unspecified atom stereocenters. The van der Waals surface area contributed by atoms with Crippen LogP contribution in [0.15, 0.2) is 0 Å². The molecule has 116 valence electrons. The second-order valence-electron chi connectivity index (χ2n) is 5.68. The Morgan fingerprint density at radius 2 is 2.20 bits per heavy atom. The van der Waals surface area contributed by atoms with Gasteiger partial charge in [0, 0.05) is 19.2 Å². The minimum atomic E-state index is -3.08. The molecule has 2 fully saturated rings. The number of hydrogen-bond acceptors (Lipinski definition) is 5. The number of ether oxygens (including phenoxy) is 1. The number of nitrogens with zero attached hydrogens (tertiary/aromatic N) is 1. The van der Waals surface area contributed by atoms with E-state index in [1.54, 1.807) is 0 Å². The van der Waals surface area contributed by atoms with E-state index >= 15 is 0 Å². The van der Waals surface area contributed by atoms with Crippen molar-refractivity contribution in [3.63, 3.8) is 0 Å². The van der Waals surface area contributed by atoms with Gasteiger partial charge in [0.15, 0.2) is 9.84 Å². The van der Waals surface area contributed by atoms with Gasteiger partial charge in [0.2, 0.25) is 0 Å². The summed E-state index contributed by atoms with van der Waals surface area (Å²) in [6, 6.07) is -0.379. The number of sulfone groups is 1. The number of aliphatic carboxylic acids is 1. The molecule has 0 radical (unpaired) electrons. The summed E-state index contributed by atoms with van der Waals surface area (Å²) in [5, 5.41) is 8.91. The molecule has 2 aliphatic rings. The third kappa shape index (κ3) is 4.71. The van der Waals surface area contributed by atoms with E-state index in [0.717, 1.165) is 38.8 Å². The standard InChI is InChI=1S/C13H23NO5S/c15-13(16)9-11-10-20(17,18)8-6-14(11)5-1-3-12-4-2-7-19-12/h11-12H,1-10H2,(H,15,16). The summed E-state index contributed by atoms with van der Waals surface area (Å²) in [4.78, 5) is 12.9. The van der Waals surface area contributed by atoms with Crippen LogP contribution in [0.3, 0.4) is 0 Å². The molecule has 6 nitrogen and oxygen atoms in total. The van der Waals surface area contributed by atoms with E-state index in [1.807, 2.05) is 4.90 Å². The fraction of sp³-hybridized carbons (Fsp3) is 0.923. The number of hydrogen-bond donors (Lipinski definition) is 1. The van der Waals surface area contributed by atoms with E-state index in [2.05, 4.69) is 0 Å². The predicted octanol–water partition coefficient (Wildman–Crippen LogP) is 0.519. The average molecular weight is 305 g/mol. The van der Waals surface area contributed by atoms with Crippen molar-refractivity contribution in [2.45, 2.75) is 44.2 Å². The second-order valence-corrected chi connectivity index (χ2v) is 7.91. The van der Waals surface area contributed by atoms with Gasteiger partial charge in [-0.3, -0.25) is 9.69 Å². The molecule has 2 rings (SSSR count). The van der Waals surface area contributed by atoms with Gasteiger partial charge in [0.05, 0.1) is 24.0 Å². The van der Waals surface area contributed by atoms with Crippen LogP contribution >= 0.6 is 0 Å². The zero-order chi connectivity index (χ0) is 14.6. The van der Waals surface area contributed by atoms with E-state index in [0.29, 0.717) is 12.6 Å². The molecule has 0 amide bonds. The molecule has 0 aromatic rings. The SMILES string of the molecule is O=C(O)CC1CS(=O)(=O)CCN1CCCC1CCCO1. The highest BCUT2D eigenvalue weighted by molar-refractivity contribution is 7.91. The van der Waals surface area contributed by atoms with Crippen LogP contribution in [-0.4, -0.2) is 67.7 Å². The molecule has 0 bridgehead atoms. The van der Waals surface area contributed by atoms with E-state index < -0.39 is 15.8 Å². The van der Waals surface area contributed by atoms with Crippen molar-refractivity contribution in [1.29, 1.82) is 0 Å². The first-order valence-corrected chi connectivity index (χ1v) is 9.06. The quantitative estimate of drug-likeness (QED) is 0.770. The Bertz CT molecular complexity index is 430. The summed E-state index contributed by atoms with van der Waals surface area (Å²) < 4.78 is 28.8. The largest absolute Gasteiger partial charge is 0.481 e. The Labute approximate surface area is 120 Å². The molecule has 0 aromatic carbocycles. The van der Waals surface area contributed by atoms with Crippen molar-refractivity contribution >= 4 is 15.8 Å². The first-order valence-electron chi connectivity index (χ1n) is 7.24. The average Bonchev–Trinajstić information content (AvgIpc) is 2.83. The van der Waals surface area contributed by atoms with Gasteiger partial charge in [-0.15, -0.1) is 0 Å². The smallest absolute Gasteiger partial charge is 0.304 e. The third-order valence-corrected chi connectivity index (χ3v) is 5.76. The monoisotopic (exact) mass is 305 g/mol. The summed E-state index contributed by atoms with van der Waals surface area (Å²) in [5.41, 5.74) is 0. The topological polar surface area (TPSA) is 83.9 Å². The Morgan fingerprint density at radius 3 is 2.85 bits per heavy atom. The summed E-state index contributed by atoms with van der Waals surface area (Å²) in [6.07, 6.45) is 4.37. The molecule has 7 heteroatoms. The van der Waals surface area contributed by atoms with Gasteiger partial charge >= 0.3 is 5.97 Å². The molecular formula is C13H23NO5S. The normalized spacial score (nSPS) is 30.4. The number of carboxylic acid groups (broad SMARTS) is 1. The lowest BCUT2D eigenvalue weighted by Crippen LogP contribution is -2.49. The Kier molecular flexibility index (Phi) is 5.40. The number of carbonyl (C=O) groups is 1. The highest BCUT2D eigenvalue weighted by Crippen LogP contribution is 2.19. The lowest BCUT2D eigenvalue weighted by atomic mass is 10.1. The molecule has 20 heavy (non-hydrogen) atoms. The van der Waals surface area contributed by atoms with Crippen LogP contribution in [-0.2, 0) is 19.4 Å². The van der Waals surface area contributed by atoms with Crippen molar-refractivity contribution in [3.8, 4) is 0 Å². The summed E-state index contributed by atoms with van der Waals surface area (Å²) in [7, 11) is -3.08. The highest BCUT2D eigenvalue weighted by Gasteiger charge is 2.32. The molecule has 0 aromatic heterocycles.